The van der Waals surface area contributed by atoms with Crippen molar-refractivity contribution in [1.82, 2.24) is 4.90 Å². The van der Waals surface area contributed by atoms with E-state index in [2.05, 4.69) is 0 Å². The molecule has 1 fully saturated rings. The Hall–Kier alpha value is -3.36. The fourth-order valence-electron chi connectivity index (χ4n) is 3.26. The highest BCUT2D eigenvalue weighted by atomic mass is 35.5. The summed E-state index contributed by atoms with van der Waals surface area (Å²) in [4.78, 5) is 26.5. The normalized spacial score (nSPS) is 14.7. The second-order valence-corrected chi connectivity index (χ2v) is 8.74. The molecule has 34 heavy (non-hydrogen) atoms. The Morgan fingerprint density at radius 1 is 0.971 bits per heavy atom. The second-order valence-electron chi connectivity index (χ2n) is 7.34. The van der Waals surface area contributed by atoms with Gasteiger partial charge >= 0.3 is 0 Å². The summed E-state index contributed by atoms with van der Waals surface area (Å²) in [5.41, 5.74) is 1.93. The summed E-state index contributed by atoms with van der Waals surface area (Å²) in [6.45, 7) is 0.195. The number of nitrogens with zero attached hydrogens (tertiary/aromatic N) is 1. The fourth-order valence-corrected chi connectivity index (χ4v) is 4.37. The molecule has 0 aliphatic carbocycles. The van der Waals surface area contributed by atoms with E-state index in [0.717, 1.165) is 22.2 Å². The number of imide groups is 1. The van der Waals surface area contributed by atoms with Gasteiger partial charge < -0.3 is 9.47 Å². The highest BCUT2D eigenvalue weighted by molar-refractivity contribution is 8.18. The first kappa shape index (κ1) is 23.8. The number of carbonyl (C=O) groups is 2. The van der Waals surface area contributed by atoms with Crippen molar-refractivity contribution < 1.29 is 27.8 Å². The van der Waals surface area contributed by atoms with Crippen LogP contribution < -0.4 is 9.47 Å². The number of carbonyl (C=O) groups excluding carboxylic acids is 2. The molecule has 2 amide bonds. The molecule has 4 rings (SSSR count). The van der Waals surface area contributed by atoms with Gasteiger partial charge in [-0.1, -0.05) is 35.9 Å². The lowest BCUT2D eigenvalue weighted by atomic mass is 10.1. The first-order valence-electron chi connectivity index (χ1n) is 10.1. The van der Waals surface area contributed by atoms with Crippen molar-refractivity contribution in [2.45, 2.75) is 13.2 Å². The zero-order valence-corrected chi connectivity index (χ0v) is 19.5. The maximum absolute atomic E-state index is 13.1. The summed E-state index contributed by atoms with van der Waals surface area (Å²) in [5, 5.41) is -0.170. The number of thioether (sulfide) groups is 1. The zero-order chi connectivity index (χ0) is 24.2. The lowest BCUT2D eigenvalue weighted by Gasteiger charge is -2.14. The Morgan fingerprint density at radius 3 is 2.21 bits per heavy atom. The Bertz CT molecular complexity index is 1260. The van der Waals surface area contributed by atoms with E-state index < -0.39 is 17.0 Å². The third kappa shape index (κ3) is 5.40. The quantitative estimate of drug-likeness (QED) is 0.349. The van der Waals surface area contributed by atoms with Crippen LogP contribution in [-0.2, 0) is 17.9 Å². The van der Waals surface area contributed by atoms with Crippen molar-refractivity contribution in [2.75, 3.05) is 7.11 Å². The van der Waals surface area contributed by atoms with Crippen molar-refractivity contribution in [1.29, 1.82) is 0 Å². The SMILES string of the molecule is COc1cc(/C=C2\SC(=O)N(Cc3ccc(F)cc3)C2=O)cc(Cl)c1OCc1ccc(F)cc1. The van der Waals surface area contributed by atoms with Crippen molar-refractivity contribution in [3.63, 3.8) is 0 Å². The Kier molecular flexibility index (Phi) is 7.19. The minimum Gasteiger partial charge on any atom is -0.493 e. The average molecular weight is 502 g/mol. The van der Waals surface area contributed by atoms with Gasteiger partial charge in [0.15, 0.2) is 11.5 Å². The number of ether oxygens (including phenoxy) is 2. The van der Waals surface area contributed by atoms with Crippen LogP contribution in [0.4, 0.5) is 13.6 Å². The molecular formula is C25H18ClF2NO4S. The van der Waals surface area contributed by atoms with E-state index in [4.69, 9.17) is 21.1 Å². The smallest absolute Gasteiger partial charge is 0.293 e. The second kappa shape index (κ2) is 10.3. The zero-order valence-electron chi connectivity index (χ0n) is 17.9. The van der Waals surface area contributed by atoms with Gasteiger partial charge in [0, 0.05) is 0 Å². The van der Waals surface area contributed by atoms with Crippen LogP contribution in [0, 0.1) is 11.6 Å². The number of methoxy groups -OCH3 is 1. The van der Waals surface area contributed by atoms with E-state index in [-0.39, 0.29) is 28.9 Å². The van der Waals surface area contributed by atoms with Crippen molar-refractivity contribution >= 4 is 40.6 Å². The largest absolute Gasteiger partial charge is 0.493 e. The van der Waals surface area contributed by atoms with Gasteiger partial charge in [0.1, 0.15) is 18.2 Å². The van der Waals surface area contributed by atoms with Crippen molar-refractivity contribution in [2.24, 2.45) is 0 Å². The van der Waals surface area contributed by atoms with Gasteiger partial charge in [-0.3, -0.25) is 14.5 Å². The van der Waals surface area contributed by atoms with Gasteiger partial charge in [0.2, 0.25) is 0 Å². The van der Waals surface area contributed by atoms with Crippen LogP contribution in [0.1, 0.15) is 16.7 Å². The van der Waals surface area contributed by atoms with Crippen LogP contribution >= 0.6 is 23.4 Å². The summed E-state index contributed by atoms with van der Waals surface area (Å²) in [7, 11) is 1.46. The third-order valence-corrected chi connectivity index (χ3v) is 6.16. The van der Waals surface area contributed by atoms with E-state index in [1.54, 1.807) is 30.3 Å². The van der Waals surface area contributed by atoms with E-state index in [9.17, 15) is 18.4 Å². The molecule has 0 atom stereocenters. The first-order valence-corrected chi connectivity index (χ1v) is 11.3. The van der Waals surface area contributed by atoms with Crippen LogP contribution in [0.25, 0.3) is 6.08 Å². The van der Waals surface area contributed by atoms with E-state index in [0.29, 0.717) is 22.6 Å². The van der Waals surface area contributed by atoms with Crippen LogP contribution in [-0.4, -0.2) is 23.2 Å². The first-order chi connectivity index (χ1) is 16.3. The predicted octanol–water partition coefficient (Wildman–Crippen LogP) is 6.44. The van der Waals surface area contributed by atoms with Gasteiger partial charge in [0.05, 0.1) is 23.6 Å². The minimum atomic E-state index is -0.453. The molecule has 1 aliphatic heterocycles. The molecule has 0 bridgehead atoms. The summed E-state index contributed by atoms with van der Waals surface area (Å²) in [6.07, 6.45) is 1.55. The average Bonchev–Trinajstić information content (AvgIpc) is 3.07. The topological polar surface area (TPSA) is 55.8 Å². The Balaban J connectivity index is 1.52. The highest BCUT2D eigenvalue weighted by Crippen LogP contribution is 2.39. The number of hydrogen-bond acceptors (Lipinski definition) is 5. The number of hydrogen-bond donors (Lipinski definition) is 0. The van der Waals surface area contributed by atoms with Crippen LogP contribution in [0.15, 0.2) is 65.6 Å². The van der Waals surface area contributed by atoms with Gasteiger partial charge in [-0.2, -0.15) is 0 Å². The molecule has 0 unspecified atom stereocenters. The molecule has 3 aromatic rings. The third-order valence-electron chi connectivity index (χ3n) is 4.97. The fraction of sp³-hybridized carbons (Fsp3) is 0.120. The predicted molar refractivity (Wildman–Crippen MR) is 127 cm³/mol. The molecule has 1 aliphatic rings. The van der Waals surface area contributed by atoms with Gasteiger partial charge in [-0.15, -0.1) is 0 Å². The molecule has 3 aromatic carbocycles. The summed E-state index contributed by atoms with van der Waals surface area (Å²) >= 11 is 7.22. The molecule has 174 valence electrons. The van der Waals surface area contributed by atoms with Gasteiger partial charge in [-0.05, 0) is 70.9 Å². The van der Waals surface area contributed by atoms with Gasteiger partial charge in [-0.25, -0.2) is 8.78 Å². The molecule has 0 aromatic heterocycles. The molecule has 0 spiro atoms. The number of benzene rings is 3. The van der Waals surface area contributed by atoms with Crippen LogP contribution in [0.2, 0.25) is 5.02 Å². The maximum atomic E-state index is 13.1. The van der Waals surface area contributed by atoms with Crippen molar-refractivity contribution in [3.8, 4) is 11.5 Å². The molecule has 9 heteroatoms. The summed E-state index contributed by atoms with van der Waals surface area (Å²) < 4.78 is 37.4. The van der Waals surface area contributed by atoms with E-state index >= 15 is 0 Å². The highest BCUT2D eigenvalue weighted by Gasteiger charge is 2.35. The lowest BCUT2D eigenvalue weighted by molar-refractivity contribution is -0.123. The molecule has 0 saturated carbocycles. The molecule has 0 radical (unpaired) electrons. The summed E-state index contributed by atoms with van der Waals surface area (Å²) in [5.74, 6) is -0.549. The number of amides is 2. The molecule has 1 heterocycles. The van der Waals surface area contributed by atoms with E-state index in [1.165, 1.54) is 43.5 Å². The molecule has 1 saturated heterocycles. The molecular weight excluding hydrogens is 484 g/mol. The Labute approximate surface area is 203 Å². The number of rotatable bonds is 7. The number of halogens is 3. The lowest BCUT2D eigenvalue weighted by Crippen LogP contribution is -2.27. The molecule has 0 N–H and O–H groups in total. The van der Waals surface area contributed by atoms with Crippen molar-refractivity contribution in [3.05, 3.63) is 98.9 Å². The standard InChI is InChI=1S/C25H18ClF2NO4S/c1-32-21-11-17(10-20(26)23(21)33-14-16-4-8-19(28)9-5-16)12-22-24(30)29(25(31)34-22)13-15-2-6-18(27)7-3-15/h2-12H,13-14H2,1H3/b22-12-. The van der Waals surface area contributed by atoms with Gasteiger partial charge in [0.25, 0.3) is 11.1 Å². The monoisotopic (exact) mass is 501 g/mol. The molecule has 5 nitrogen and oxygen atoms in total. The van der Waals surface area contributed by atoms with Crippen LogP contribution in [0.5, 0.6) is 11.5 Å². The maximum Gasteiger partial charge on any atom is 0.293 e. The summed E-state index contributed by atoms with van der Waals surface area (Å²) in [6, 6.07) is 14.7. The Morgan fingerprint density at radius 2 is 1.59 bits per heavy atom. The minimum absolute atomic E-state index is 0.0442. The van der Waals surface area contributed by atoms with E-state index in [1.807, 2.05) is 0 Å². The van der Waals surface area contributed by atoms with Crippen LogP contribution in [0.3, 0.4) is 0 Å².